The summed E-state index contributed by atoms with van der Waals surface area (Å²) in [5.41, 5.74) is 1.84. The number of amides is 1. The molecule has 0 aliphatic carbocycles. The van der Waals surface area contributed by atoms with Crippen LogP contribution in [-0.2, 0) is 6.54 Å². The summed E-state index contributed by atoms with van der Waals surface area (Å²) in [6.45, 7) is 3.39. The lowest BCUT2D eigenvalue weighted by atomic mass is 10.2. The van der Waals surface area contributed by atoms with Gasteiger partial charge >= 0.3 is 6.09 Å². The molecule has 4 heterocycles. The molecule has 1 aliphatic rings. The molecule has 0 aromatic carbocycles. The summed E-state index contributed by atoms with van der Waals surface area (Å²) < 4.78 is 23.2. The molecule has 4 rings (SSSR count). The summed E-state index contributed by atoms with van der Waals surface area (Å²) in [4.78, 5) is 23.6. The number of aryl methyl sites for hydroxylation is 1. The first kappa shape index (κ1) is 22.5. The summed E-state index contributed by atoms with van der Waals surface area (Å²) >= 11 is 0. The third-order valence-electron chi connectivity index (χ3n) is 5.31. The fourth-order valence-electron chi connectivity index (χ4n) is 3.61. The fraction of sp³-hybridized carbons (Fsp3) is 0.526. The number of likely N-dealkylation sites (N-methyl/N-ethyl adjacent to an activating group) is 1. The van der Waals surface area contributed by atoms with Gasteiger partial charge < -0.3 is 30.3 Å². The van der Waals surface area contributed by atoms with Gasteiger partial charge in [0.2, 0.25) is 5.95 Å². The van der Waals surface area contributed by atoms with E-state index in [0.29, 0.717) is 29.6 Å². The average Bonchev–Trinajstić information content (AvgIpc) is 3.44. The predicted octanol–water partition coefficient (Wildman–Crippen LogP) is 0.737. The van der Waals surface area contributed by atoms with Crippen LogP contribution < -0.4 is 20.3 Å². The maximum atomic E-state index is 14.4. The van der Waals surface area contributed by atoms with Crippen LogP contribution in [-0.4, -0.2) is 98.5 Å². The van der Waals surface area contributed by atoms with Crippen LogP contribution in [0.3, 0.4) is 0 Å². The third kappa shape index (κ3) is 4.74. The van der Waals surface area contributed by atoms with Crippen LogP contribution >= 0.6 is 0 Å². The fourth-order valence-corrected chi connectivity index (χ4v) is 3.61. The van der Waals surface area contributed by atoms with Crippen LogP contribution in [0, 0.1) is 6.92 Å². The number of fused-ring (bicyclic) bond motifs is 1. The lowest BCUT2D eigenvalue weighted by Crippen LogP contribution is -2.40. The molecule has 0 saturated carbocycles. The molecule has 33 heavy (non-hydrogen) atoms. The molecule has 0 bridgehead atoms. The number of aromatic nitrogens is 6. The van der Waals surface area contributed by atoms with Crippen LogP contribution in [0.5, 0.6) is 5.88 Å². The topological polar surface area (TPSA) is 138 Å². The van der Waals surface area contributed by atoms with E-state index >= 15 is 0 Å². The highest BCUT2D eigenvalue weighted by atomic mass is 19.1. The van der Waals surface area contributed by atoms with Crippen molar-refractivity contribution in [3.05, 3.63) is 18.1 Å². The molecule has 13 nitrogen and oxygen atoms in total. The number of carboxylic acid groups (broad SMARTS) is 1. The van der Waals surface area contributed by atoms with E-state index in [1.807, 2.05) is 27.2 Å². The quantitative estimate of drug-likeness (QED) is 0.439. The number of hydrogen-bond acceptors (Lipinski definition) is 9. The molecule has 0 unspecified atom stereocenters. The van der Waals surface area contributed by atoms with Gasteiger partial charge in [-0.05, 0) is 21.0 Å². The Balaban J connectivity index is 1.65. The zero-order valence-corrected chi connectivity index (χ0v) is 18.9. The van der Waals surface area contributed by atoms with Crippen LogP contribution in [0.4, 0.5) is 26.6 Å². The van der Waals surface area contributed by atoms with Crippen molar-refractivity contribution in [1.82, 2.24) is 39.6 Å². The SMILES string of the molecule is COc1nn(CCN(C)C)cc1Nc1nc(N2C[C@@H](F)[C@H](NC(=O)O)C2)nn2c(C)cnc12. The van der Waals surface area contributed by atoms with Crippen molar-refractivity contribution in [3.8, 4) is 5.88 Å². The third-order valence-corrected chi connectivity index (χ3v) is 5.31. The van der Waals surface area contributed by atoms with Crippen molar-refractivity contribution in [2.75, 3.05) is 51.1 Å². The van der Waals surface area contributed by atoms with Crippen molar-refractivity contribution in [3.63, 3.8) is 0 Å². The predicted molar refractivity (Wildman–Crippen MR) is 118 cm³/mol. The zero-order valence-electron chi connectivity index (χ0n) is 18.9. The maximum absolute atomic E-state index is 14.4. The number of rotatable bonds is 8. The number of anilines is 3. The van der Waals surface area contributed by atoms with Gasteiger partial charge in [0.05, 0.1) is 44.3 Å². The number of nitrogens with zero attached hydrogens (tertiary/aromatic N) is 8. The summed E-state index contributed by atoms with van der Waals surface area (Å²) in [6, 6.07) is -0.864. The Morgan fingerprint density at radius 1 is 1.36 bits per heavy atom. The van der Waals surface area contributed by atoms with Crippen LogP contribution in [0.15, 0.2) is 12.4 Å². The smallest absolute Gasteiger partial charge is 0.405 e. The molecule has 1 saturated heterocycles. The minimum atomic E-state index is -1.38. The highest BCUT2D eigenvalue weighted by Gasteiger charge is 2.36. The molecular weight excluding hydrogens is 435 g/mol. The van der Waals surface area contributed by atoms with Gasteiger partial charge in [0.1, 0.15) is 11.9 Å². The van der Waals surface area contributed by atoms with Gasteiger partial charge in [-0.25, -0.2) is 18.7 Å². The first-order valence-corrected chi connectivity index (χ1v) is 10.4. The van der Waals surface area contributed by atoms with Gasteiger partial charge in [0, 0.05) is 13.1 Å². The van der Waals surface area contributed by atoms with Crippen molar-refractivity contribution < 1.29 is 19.0 Å². The second-order valence-corrected chi connectivity index (χ2v) is 8.12. The molecule has 14 heteroatoms. The Morgan fingerprint density at radius 2 is 2.15 bits per heavy atom. The van der Waals surface area contributed by atoms with E-state index in [9.17, 15) is 9.18 Å². The first-order valence-electron chi connectivity index (χ1n) is 10.4. The molecule has 0 radical (unpaired) electrons. The van der Waals surface area contributed by atoms with E-state index in [-0.39, 0.29) is 19.0 Å². The molecule has 2 atom stereocenters. The van der Waals surface area contributed by atoms with E-state index in [1.54, 1.807) is 20.3 Å². The Morgan fingerprint density at radius 3 is 2.85 bits per heavy atom. The Kier molecular flexibility index (Phi) is 6.18. The van der Waals surface area contributed by atoms with Gasteiger partial charge in [-0.2, -0.15) is 4.98 Å². The first-order chi connectivity index (χ1) is 15.7. The van der Waals surface area contributed by atoms with E-state index in [4.69, 9.17) is 9.84 Å². The van der Waals surface area contributed by atoms with E-state index in [2.05, 4.69) is 35.7 Å². The Labute approximate surface area is 189 Å². The maximum Gasteiger partial charge on any atom is 0.405 e. The standard InChI is InChI=1S/C19H27FN10O3/c1-11-7-21-16-15(22-14-10-29(6-5-27(2)3)25-17(14)33-4)24-18(26-30(11)16)28-8-12(20)13(9-28)23-19(31)32/h7,10,12-13,23H,5-6,8-9H2,1-4H3,(H,31,32)(H,22,24,26)/t12-,13-/m1/s1. The van der Waals surface area contributed by atoms with Gasteiger partial charge in [0.15, 0.2) is 11.5 Å². The summed E-state index contributed by atoms with van der Waals surface area (Å²) in [7, 11) is 5.50. The Hall–Kier alpha value is -3.68. The monoisotopic (exact) mass is 462 g/mol. The molecular formula is C19H27FN10O3. The lowest BCUT2D eigenvalue weighted by Gasteiger charge is -2.17. The summed E-state index contributed by atoms with van der Waals surface area (Å²) in [6.07, 6.45) is 0.826. The van der Waals surface area contributed by atoms with E-state index in [1.165, 1.54) is 7.11 Å². The summed E-state index contributed by atoms with van der Waals surface area (Å²) in [5.74, 6) is 1.04. The van der Waals surface area contributed by atoms with Gasteiger partial charge in [-0.15, -0.1) is 10.2 Å². The lowest BCUT2D eigenvalue weighted by molar-refractivity contribution is 0.183. The number of carbonyl (C=O) groups is 1. The Bertz CT molecular complexity index is 1150. The second kappa shape index (κ2) is 9.05. The van der Waals surface area contributed by atoms with Crippen LogP contribution in [0.25, 0.3) is 5.65 Å². The van der Waals surface area contributed by atoms with Gasteiger partial charge in [-0.1, -0.05) is 0 Å². The minimum Gasteiger partial charge on any atom is -0.478 e. The molecule has 1 fully saturated rings. The zero-order chi connectivity index (χ0) is 23.7. The van der Waals surface area contributed by atoms with E-state index in [0.717, 1.165) is 12.2 Å². The van der Waals surface area contributed by atoms with Gasteiger partial charge in [0.25, 0.3) is 5.88 Å². The molecule has 3 N–H and O–H groups in total. The van der Waals surface area contributed by atoms with Crippen molar-refractivity contribution in [2.45, 2.75) is 25.7 Å². The number of methoxy groups -OCH3 is 1. The summed E-state index contributed by atoms with van der Waals surface area (Å²) in [5, 5.41) is 23.3. The van der Waals surface area contributed by atoms with Gasteiger partial charge in [-0.3, -0.25) is 4.68 Å². The number of alkyl halides is 1. The number of imidazole rings is 1. The highest BCUT2D eigenvalue weighted by Crippen LogP contribution is 2.29. The minimum absolute atomic E-state index is 0.0323. The van der Waals surface area contributed by atoms with Crippen LogP contribution in [0.2, 0.25) is 0 Å². The van der Waals surface area contributed by atoms with Crippen molar-refractivity contribution >= 4 is 29.2 Å². The molecule has 1 amide bonds. The van der Waals surface area contributed by atoms with Crippen molar-refractivity contribution in [2.24, 2.45) is 0 Å². The second-order valence-electron chi connectivity index (χ2n) is 8.12. The number of hydrogen-bond donors (Lipinski definition) is 3. The van der Waals surface area contributed by atoms with Crippen LogP contribution in [0.1, 0.15) is 5.69 Å². The number of nitrogens with one attached hydrogen (secondary N) is 2. The molecule has 178 valence electrons. The molecule has 3 aromatic rings. The molecule has 1 aliphatic heterocycles. The van der Waals surface area contributed by atoms with E-state index < -0.39 is 18.3 Å². The molecule has 3 aromatic heterocycles. The normalized spacial score (nSPS) is 18.3. The number of halogens is 1. The van der Waals surface area contributed by atoms with Crippen molar-refractivity contribution in [1.29, 1.82) is 0 Å². The molecule has 0 spiro atoms. The average molecular weight is 462 g/mol. The largest absolute Gasteiger partial charge is 0.478 e. The highest BCUT2D eigenvalue weighted by molar-refractivity contribution is 5.73. The number of ether oxygens (including phenoxy) is 1.